The fourth-order valence-electron chi connectivity index (χ4n) is 2.88. The molecule has 3 atom stereocenters. The summed E-state index contributed by atoms with van der Waals surface area (Å²) in [5.41, 5.74) is 5.92. The van der Waals surface area contributed by atoms with Crippen molar-refractivity contribution in [1.82, 2.24) is 4.90 Å². The zero-order valence-electron chi connectivity index (χ0n) is 8.71. The van der Waals surface area contributed by atoms with E-state index in [1.165, 1.54) is 38.6 Å². The van der Waals surface area contributed by atoms with E-state index in [2.05, 4.69) is 11.8 Å². The number of nitrogens with two attached hydrogens (primary N) is 1. The Kier molecular flexibility index (Phi) is 2.89. The Morgan fingerprint density at radius 2 is 2.08 bits per heavy atom. The fourth-order valence-corrected chi connectivity index (χ4v) is 2.88. The molecule has 2 N–H and O–H groups in total. The van der Waals surface area contributed by atoms with Gasteiger partial charge in [0.2, 0.25) is 0 Å². The molecule has 0 aromatic rings. The molecule has 13 heavy (non-hydrogen) atoms. The third-order valence-electron chi connectivity index (χ3n) is 3.68. The van der Waals surface area contributed by atoms with Gasteiger partial charge in [0.1, 0.15) is 0 Å². The van der Waals surface area contributed by atoms with Crippen molar-refractivity contribution in [1.29, 1.82) is 0 Å². The summed E-state index contributed by atoms with van der Waals surface area (Å²) in [6, 6.07) is 1.31. The van der Waals surface area contributed by atoms with Gasteiger partial charge in [0.15, 0.2) is 0 Å². The van der Waals surface area contributed by atoms with Crippen LogP contribution in [0.1, 0.15) is 39.0 Å². The van der Waals surface area contributed by atoms with Crippen LogP contribution in [0, 0.1) is 5.92 Å². The molecule has 0 aromatic heterocycles. The summed E-state index contributed by atoms with van der Waals surface area (Å²) in [4.78, 5) is 2.63. The van der Waals surface area contributed by atoms with Gasteiger partial charge in [-0.25, -0.2) is 0 Å². The summed E-state index contributed by atoms with van der Waals surface area (Å²) in [6.07, 6.45) is 6.91. The van der Waals surface area contributed by atoms with Gasteiger partial charge < -0.3 is 5.73 Å². The molecule has 1 aliphatic carbocycles. The van der Waals surface area contributed by atoms with Crippen LogP contribution in [0.5, 0.6) is 0 Å². The predicted octanol–water partition coefficient (Wildman–Crippen LogP) is 1.60. The van der Waals surface area contributed by atoms with Crippen molar-refractivity contribution < 1.29 is 0 Å². The van der Waals surface area contributed by atoms with Crippen LogP contribution < -0.4 is 5.73 Å². The smallest absolute Gasteiger partial charge is 0.0180 e. The molecule has 3 unspecified atom stereocenters. The van der Waals surface area contributed by atoms with E-state index in [0.29, 0.717) is 6.04 Å². The average Bonchev–Trinajstić information content (AvgIpc) is 2.52. The Labute approximate surface area is 81.5 Å². The van der Waals surface area contributed by atoms with Gasteiger partial charge in [-0.15, -0.1) is 0 Å². The van der Waals surface area contributed by atoms with Crippen LogP contribution in [0.15, 0.2) is 0 Å². The number of likely N-dealkylation sites (tertiary alicyclic amines) is 1. The average molecular weight is 182 g/mol. The summed E-state index contributed by atoms with van der Waals surface area (Å²) >= 11 is 0. The van der Waals surface area contributed by atoms with Crippen molar-refractivity contribution in [2.75, 3.05) is 13.1 Å². The second-order valence-electron chi connectivity index (χ2n) is 4.97. The van der Waals surface area contributed by atoms with Crippen LogP contribution >= 0.6 is 0 Å². The molecule has 2 rings (SSSR count). The first-order valence-corrected chi connectivity index (χ1v) is 5.75. The largest absolute Gasteiger partial charge is 0.326 e. The minimum Gasteiger partial charge on any atom is -0.326 e. The zero-order valence-corrected chi connectivity index (χ0v) is 8.71. The van der Waals surface area contributed by atoms with Crippen LogP contribution in [0.4, 0.5) is 0 Å². The van der Waals surface area contributed by atoms with E-state index in [0.717, 1.165) is 18.5 Å². The summed E-state index contributed by atoms with van der Waals surface area (Å²) in [7, 11) is 0. The highest BCUT2D eigenvalue weighted by molar-refractivity contribution is 4.86. The molecule has 1 saturated heterocycles. The number of rotatable bonds is 1. The van der Waals surface area contributed by atoms with Gasteiger partial charge in [0.05, 0.1) is 0 Å². The lowest BCUT2D eigenvalue weighted by Crippen LogP contribution is -2.38. The highest BCUT2D eigenvalue weighted by atomic mass is 15.2. The Morgan fingerprint density at radius 1 is 1.23 bits per heavy atom. The summed E-state index contributed by atoms with van der Waals surface area (Å²) in [5.74, 6) is 0.940. The van der Waals surface area contributed by atoms with E-state index < -0.39 is 0 Å². The molecule has 0 radical (unpaired) electrons. The molecule has 1 saturated carbocycles. The number of hydrogen-bond donors (Lipinski definition) is 1. The lowest BCUT2D eigenvalue weighted by atomic mass is 9.86. The topological polar surface area (TPSA) is 29.3 Å². The molecular weight excluding hydrogens is 160 g/mol. The third kappa shape index (κ3) is 2.23. The Morgan fingerprint density at radius 3 is 2.69 bits per heavy atom. The van der Waals surface area contributed by atoms with Crippen molar-refractivity contribution in [3.05, 3.63) is 0 Å². The van der Waals surface area contributed by atoms with Gasteiger partial charge in [0.25, 0.3) is 0 Å². The van der Waals surface area contributed by atoms with Crippen LogP contribution in [-0.2, 0) is 0 Å². The first-order valence-electron chi connectivity index (χ1n) is 5.75. The SMILES string of the molecule is CC1CCCC(N2CCC(N)C2)C1. The van der Waals surface area contributed by atoms with Crippen LogP contribution in [0.25, 0.3) is 0 Å². The maximum Gasteiger partial charge on any atom is 0.0180 e. The van der Waals surface area contributed by atoms with E-state index in [1.807, 2.05) is 0 Å². The van der Waals surface area contributed by atoms with E-state index in [-0.39, 0.29) is 0 Å². The first-order chi connectivity index (χ1) is 6.25. The highest BCUT2D eigenvalue weighted by Crippen LogP contribution is 2.28. The molecule has 0 spiro atoms. The van der Waals surface area contributed by atoms with Gasteiger partial charge >= 0.3 is 0 Å². The lowest BCUT2D eigenvalue weighted by Gasteiger charge is -2.33. The van der Waals surface area contributed by atoms with E-state index in [4.69, 9.17) is 5.73 Å². The number of hydrogen-bond acceptors (Lipinski definition) is 2. The predicted molar refractivity (Wildman–Crippen MR) is 55.6 cm³/mol. The molecular formula is C11H22N2. The minimum absolute atomic E-state index is 0.456. The second-order valence-corrected chi connectivity index (χ2v) is 4.97. The molecule has 2 heteroatoms. The standard InChI is InChI=1S/C11H22N2/c1-9-3-2-4-11(7-9)13-6-5-10(12)8-13/h9-11H,2-8,12H2,1H3. The minimum atomic E-state index is 0.456. The molecule has 1 aliphatic heterocycles. The van der Waals surface area contributed by atoms with Crippen molar-refractivity contribution in [2.24, 2.45) is 11.7 Å². The van der Waals surface area contributed by atoms with Gasteiger partial charge in [-0.2, -0.15) is 0 Å². The Bertz CT molecular complexity index is 169. The fraction of sp³-hybridized carbons (Fsp3) is 1.00. The van der Waals surface area contributed by atoms with Crippen LogP contribution in [-0.4, -0.2) is 30.1 Å². The molecule has 2 nitrogen and oxygen atoms in total. The van der Waals surface area contributed by atoms with Crippen molar-refractivity contribution in [3.8, 4) is 0 Å². The molecule has 0 aromatic carbocycles. The van der Waals surface area contributed by atoms with Crippen molar-refractivity contribution in [2.45, 2.75) is 51.1 Å². The van der Waals surface area contributed by atoms with E-state index in [1.54, 1.807) is 0 Å². The maximum atomic E-state index is 5.92. The van der Waals surface area contributed by atoms with Gasteiger partial charge in [-0.3, -0.25) is 4.90 Å². The van der Waals surface area contributed by atoms with E-state index >= 15 is 0 Å². The monoisotopic (exact) mass is 182 g/mol. The lowest BCUT2D eigenvalue weighted by molar-refractivity contribution is 0.162. The number of nitrogens with zero attached hydrogens (tertiary/aromatic N) is 1. The van der Waals surface area contributed by atoms with Crippen LogP contribution in [0.2, 0.25) is 0 Å². The maximum absolute atomic E-state index is 5.92. The molecule has 0 amide bonds. The van der Waals surface area contributed by atoms with Crippen LogP contribution in [0.3, 0.4) is 0 Å². The summed E-state index contributed by atoms with van der Waals surface area (Å²) < 4.78 is 0. The molecule has 2 fully saturated rings. The van der Waals surface area contributed by atoms with Gasteiger partial charge in [0, 0.05) is 25.2 Å². The van der Waals surface area contributed by atoms with E-state index in [9.17, 15) is 0 Å². The normalized spacial score (nSPS) is 42.5. The highest BCUT2D eigenvalue weighted by Gasteiger charge is 2.28. The Hall–Kier alpha value is -0.0800. The second kappa shape index (κ2) is 3.97. The third-order valence-corrected chi connectivity index (χ3v) is 3.68. The molecule has 0 bridgehead atoms. The zero-order chi connectivity index (χ0) is 9.26. The molecule has 1 heterocycles. The summed E-state index contributed by atoms with van der Waals surface area (Å²) in [6.45, 7) is 4.79. The Balaban J connectivity index is 1.85. The quantitative estimate of drug-likeness (QED) is 0.667. The van der Waals surface area contributed by atoms with Gasteiger partial charge in [-0.1, -0.05) is 19.8 Å². The van der Waals surface area contributed by atoms with Gasteiger partial charge in [-0.05, 0) is 25.2 Å². The van der Waals surface area contributed by atoms with Crippen molar-refractivity contribution >= 4 is 0 Å². The summed E-state index contributed by atoms with van der Waals surface area (Å²) in [5, 5.41) is 0. The molecule has 76 valence electrons. The first kappa shape index (κ1) is 9.47. The van der Waals surface area contributed by atoms with Crippen molar-refractivity contribution in [3.63, 3.8) is 0 Å². The molecule has 2 aliphatic rings.